The second kappa shape index (κ2) is 8.12. The highest BCUT2D eigenvalue weighted by molar-refractivity contribution is 5.82. The third-order valence-electron chi connectivity index (χ3n) is 4.70. The maximum atomic E-state index is 5.88. The summed E-state index contributed by atoms with van der Waals surface area (Å²) in [4.78, 5) is 16.6. The average Bonchev–Trinajstić information content (AvgIpc) is 3.25. The van der Waals surface area contributed by atoms with Crippen molar-refractivity contribution in [3.63, 3.8) is 0 Å². The molecule has 0 spiro atoms. The lowest BCUT2D eigenvalue weighted by atomic mass is 10.1. The third-order valence-corrected chi connectivity index (χ3v) is 4.70. The Bertz CT molecular complexity index is 1170. The van der Waals surface area contributed by atoms with Crippen molar-refractivity contribution in [2.24, 2.45) is 0 Å². The predicted molar refractivity (Wildman–Crippen MR) is 115 cm³/mol. The molecule has 0 bridgehead atoms. The number of aromatic nitrogens is 4. The van der Waals surface area contributed by atoms with Gasteiger partial charge in [-0.25, -0.2) is 9.97 Å². The van der Waals surface area contributed by atoms with Gasteiger partial charge in [0.1, 0.15) is 5.82 Å². The van der Waals surface area contributed by atoms with Gasteiger partial charge in [-0.1, -0.05) is 0 Å². The van der Waals surface area contributed by atoms with E-state index in [1.165, 1.54) is 0 Å². The van der Waals surface area contributed by atoms with Crippen molar-refractivity contribution in [1.29, 1.82) is 0 Å². The standard InChI is InChI=1S/C22H21N5O3/c1-28-16-5-4-14(10-17(16)29-2)22-26-19(13-6-8-24-9-7-13)20(27-22)15-11-18(30-3)21(23)25-12-15/h4-12H,1-3H3,(H2,23,25)(H,26,27). The molecule has 8 heteroatoms. The molecule has 3 heterocycles. The van der Waals surface area contributed by atoms with Gasteiger partial charge in [0.2, 0.25) is 0 Å². The highest BCUT2D eigenvalue weighted by Gasteiger charge is 2.18. The Hall–Kier alpha value is -4.07. The molecule has 4 rings (SSSR count). The van der Waals surface area contributed by atoms with Gasteiger partial charge in [-0.05, 0) is 36.4 Å². The molecule has 152 valence electrons. The lowest BCUT2D eigenvalue weighted by Gasteiger charge is -2.08. The van der Waals surface area contributed by atoms with Crippen molar-refractivity contribution in [1.82, 2.24) is 19.9 Å². The fraction of sp³-hybridized carbons (Fsp3) is 0.136. The number of nitrogens with zero attached hydrogens (tertiary/aromatic N) is 3. The van der Waals surface area contributed by atoms with Crippen LogP contribution in [0.15, 0.2) is 55.0 Å². The fourth-order valence-corrected chi connectivity index (χ4v) is 3.18. The molecule has 4 aromatic rings. The van der Waals surface area contributed by atoms with Gasteiger partial charge in [0.25, 0.3) is 0 Å². The van der Waals surface area contributed by atoms with E-state index in [1.54, 1.807) is 39.9 Å². The quantitative estimate of drug-likeness (QED) is 0.504. The maximum Gasteiger partial charge on any atom is 0.166 e. The molecule has 3 N–H and O–H groups in total. The van der Waals surface area contributed by atoms with Crippen LogP contribution >= 0.6 is 0 Å². The summed E-state index contributed by atoms with van der Waals surface area (Å²) >= 11 is 0. The molecule has 0 fully saturated rings. The summed E-state index contributed by atoms with van der Waals surface area (Å²) in [5.74, 6) is 2.75. The zero-order chi connectivity index (χ0) is 21.1. The molecule has 0 aliphatic heterocycles. The number of nitrogens with two attached hydrogens (primary N) is 1. The van der Waals surface area contributed by atoms with Gasteiger partial charge >= 0.3 is 0 Å². The zero-order valence-corrected chi connectivity index (χ0v) is 16.8. The Kier molecular flexibility index (Phi) is 5.21. The number of methoxy groups -OCH3 is 3. The number of nitrogen functional groups attached to an aromatic ring is 1. The Balaban J connectivity index is 1.89. The first-order chi connectivity index (χ1) is 14.6. The van der Waals surface area contributed by atoms with Crippen molar-refractivity contribution in [3.8, 4) is 51.2 Å². The monoisotopic (exact) mass is 403 g/mol. The maximum absolute atomic E-state index is 5.88. The van der Waals surface area contributed by atoms with Crippen LogP contribution in [0.3, 0.4) is 0 Å². The van der Waals surface area contributed by atoms with Gasteiger partial charge < -0.3 is 24.9 Å². The topological polar surface area (TPSA) is 108 Å². The number of hydrogen-bond donors (Lipinski definition) is 2. The molecule has 0 radical (unpaired) electrons. The van der Waals surface area contributed by atoms with Gasteiger partial charge in [0.15, 0.2) is 23.1 Å². The summed E-state index contributed by atoms with van der Waals surface area (Å²) in [6.07, 6.45) is 5.15. The Morgan fingerprint density at radius 2 is 1.50 bits per heavy atom. The Labute approximate surface area is 173 Å². The summed E-state index contributed by atoms with van der Waals surface area (Å²) in [7, 11) is 4.76. The Morgan fingerprint density at radius 3 is 2.20 bits per heavy atom. The van der Waals surface area contributed by atoms with Crippen LogP contribution in [0.4, 0.5) is 5.82 Å². The summed E-state index contributed by atoms with van der Waals surface area (Å²) in [6.45, 7) is 0. The number of nitrogens with one attached hydrogen (secondary N) is 1. The van der Waals surface area contributed by atoms with Crippen molar-refractivity contribution in [3.05, 3.63) is 55.0 Å². The van der Waals surface area contributed by atoms with E-state index in [0.717, 1.165) is 28.1 Å². The number of ether oxygens (including phenoxy) is 3. The number of benzene rings is 1. The first kappa shape index (κ1) is 19.3. The minimum absolute atomic E-state index is 0.322. The fourth-order valence-electron chi connectivity index (χ4n) is 3.18. The van der Waals surface area contributed by atoms with E-state index in [0.29, 0.717) is 28.9 Å². The second-order valence-corrected chi connectivity index (χ2v) is 6.43. The molecule has 0 atom stereocenters. The van der Waals surface area contributed by atoms with Crippen molar-refractivity contribution in [2.75, 3.05) is 27.1 Å². The van der Waals surface area contributed by atoms with E-state index in [1.807, 2.05) is 36.4 Å². The molecular weight excluding hydrogens is 382 g/mol. The van der Waals surface area contributed by atoms with Crippen molar-refractivity contribution >= 4 is 5.82 Å². The molecule has 0 saturated heterocycles. The van der Waals surface area contributed by atoms with Crippen LogP contribution in [-0.2, 0) is 0 Å². The summed E-state index contributed by atoms with van der Waals surface area (Å²) in [5.41, 5.74) is 10.00. The molecule has 0 aliphatic carbocycles. The third kappa shape index (κ3) is 3.50. The molecule has 1 aromatic carbocycles. The number of H-pyrrole nitrogens is 1. The molecule has 8 nitrogen and oxygen atoms in total. The molecule has 0 saturated carbocycles. The van der Waals surface area contributed by atoms with Crippen LogP contribution in [-0.4, -0.2) is 41.3 Å². The van der Waals surface area contributed by atoms with Gasteiger partial charge in [-0.2, -0.15) is 0 Å². The largest absolute Gasteiger partial charge is 0.493 e. The van der Waals surface area contributed by atoms with Crippen LogP contribution in [0.1, 0.15) is 0 Å². The lowest BCUT2D eigenvalue weighted by Crippen LogP contribution is -1.96. The van der Waals surface area contributed by atoms with E-state index >= 15 is 0 Å². The number of rotatable bonds is 6. The molecule has 3 aromatic heterocycles. The second-order valence-electron chi connectivity index (χ2n) is 6.43. The number of hydrogen-bond acceptors (Lipinski definition) is 7. The number of imidazole rings is 1. The smallest absolute Gasteiger partial charge is 0.166 e. The Morgan fingerprint density at radius 1 is 0.800 bits per heavy atom. The molecule has 0 unspecified atom stereocenters. The van der Waals surface area contributed by atoms with Crippen LogP contribution in [0, 0.1) is 0 Å². The molecule has 30 heavy (non-hydrogen) atoms. The SMILES string of the molecule is COc1ccc(-c2nc(-c3cnc(N)c(OC)c3)c(-c3ccncc3)[nH]2)cc1OC. The molecule has 0 aliphatic rings. The number of aromatic amines is 1. The highest BCUT2D eigenvalue weighted by Crippen LogP contribution is 2.37. The predicted octanol–water partition coefficient (Wildman–Crippen LogP) is 3.81. The van der Waals surface area contributed by atoms with Gasteiger partial charge in [-0.3, -0.25) is 4.98 Å². The van der Waals surface area contributed by atoms with Gasteiger partial charge in [0.05, 0.1) is 32.7 Å². The van der Waals surface area contributed by atoms with Crippen molar-refractivity contribution in [2.45, 2.75) is 0 Å². The minimum atomic E-state index is 0.322. The minimum Gasteiger partial charge on any atom is -0.493 e. The van der Waals surface area contributed by atoms with E-state index in [2.05, 4.69) is 15.0 Å². The first-order valence-corrected chi connectivity index (χ1v) is 9.17. The highest BCUT2D eigenvalue weighted by atomic mass is 16.5. The van der Waals surface area contributed by atoms with Gasteiger partial charge in [0, 0.05) is 35.3 Å². The van der Waals surface area contributed by atoms with E-state index in [-0.39, 0.29) is 0 Å². The zero-order valence-electron chi connectivity index (χ0n) is 16.8. The summed E-state index contributed by atoms with van der Waals surface area (Å²) in [5, 5.41) is 0. The summed E-state index contributed by atoms with van der Waals surface area (Å²) < 4.78 is 16.1. The van der Waals surface area contributed by atoms with Crippen LogP contribution in [0.25, 0.3) is 33.9 Å². The van der Waals surface area contributed by atoms with E-state index in [9.17, 15) is 0 Å². The lowest BCUT2D eigenvalue weighted by molar-refractivity contribution is 0.355. The van der Waals surface area contributed by atoms with Crippen LogP contribution in [0.5, 0.6) is 17.2 Å². The average molecular weight is 403 g/mol. The van der Waals surface area contributed by atoms with E-state index < -0.39 is 0 Å². The van der Waals surface area contributed by atoms with Gasteiger partial charge in [-0.15, -0.1) is 0 Å². The summed E-state index contributed by atoms with van der Waals surface area (Å²) in [6, 6.07) is 11.3. The van der Waals surface area contributed by atoms with Crippen LogP contribution in [0.2, 0.25) is 0 Å². The number of pyridine rings is 2. The van der Waals surface area contributed by atoms with E-state index in [4.69, 9.17) is 24.9 Å². The molecule has 0 amide bonds. The normalized spacial score (nSPS) is 10.6. The molecular formula is C22H21N5O3. The number of anilines is 1. The first-order valence-electron chi connectivity index (χ1n) is 9.17. The van der Waals surface area contributed by atoms with Crippen LogP contribution < -0.4 is 19.9 Å². The van der Waals surface area contributed by atoms with Crippen molar-refractivity contribution < 1.29 is 14.2 Å².